The Bertz CT molecular complexity index is 342. The molecule has 0 spiro atoms. The van der Waals surface area contributed by atoms with Crippen LogP contribution in [0.25, 0.3) is 0 Å². The first-order valence-electron chi connectivity index (χ1n) is 7.32. The standard InChI is InChI=1S/C13H26N2O2S/c14-12-8-6-11(7-9-12)10-15-18(16,17)13-4-2-1-3-5-13/h11-13,15H,1-10,14H2. The number of hydrogen-bond donors (Lipinski definition) is 2. The van der Waals surface area contributed by atoms with Gasteiger partial charge < -0.3 is 5.73 Å². The van der Waals surface area contributed by atoms with Crippen molar-refractivity contribution in [3.63, 3.8) is 0 Å². The van der Waals surface area contributed by atoms with Gasteiger partial charge in [0.2, 0.25) is 10.0 Å². The van der Waals surface area contributed by atoms with E-state index in [0.29, 0.717) is 18.5 Å². The predicted molar refractivity (Wildman–Crippen MR) is 73.7 cm³/mol. The van der Waals surface area contributed by atoms with Crippen molar-refractivity contribution in [3.05, 3.63) is 0 Å². The molecule has 0 bridgehead atoms. The second kappa shape index (κ2) is 6.35. The van der Waals surface area contributed by atoms with Gasteiger partial charge in [-0.05, 0) is 44.4 Å². The summed E-state index contributed by atoms with van der Waals surface area (Å²) in [6, 6.07) is 0.330. The summed E-state index contributed by atoms with van der Waals surface area (Å²) in [5.74, 6) is 0.489. The van der Waals surface area contributed by atoms with E-state index in [1.165, 1.54) is 6.42 Å². The maximum atomic E-state index is 12.2. The summed E-state index contributed by atoms with van der Waals surface area (Å²) < 4.78 is 27.2. The Morgan fingerprint density at radius 2 is 1.56 bits per heavy atom. The van der Waals surface area contributed by atoms with Gasteiger partial charge in [0.1, 0.15) is 0 Å². The van der Waals surface area contributed by atoms with Crippen molar-refractivity contribution in [2.75, 3.05) is 6.54 Å². The van der Waals surface area contributed by atoms with E-state index >= 15 is 0 Å². The molecule has 2 rings (SSSR count). The highest BCUT2D eigenvalue weighted by atomic mass is 32.2. The number of hydrogen-bond acceptors (Lipinski definition) is 3. The van der Waals surface area contributed by atoms with Crippen molar-refractivity contribution in [3.8, 4) is 0 Å². The zero-order valence-corrected chi connectivity index (χ0v) is 11.9. The molecule has 0 atom stereocenters. The lowest BCUT2D eigenvalue weighted by molar-refractivity contribution is 0.325. The second-order valence-electron chi connectivity index (χ2n) is 5.93. The number of rotatable bonds is 4. The second-order valence-corrected chi connectivity index (χ2v) is 7.98. The van der Waals surface area contributed by atoms with Crippen LogP contribution in [0.1, 0.15) is 57.8 Å². The fourth-order valence-electron chi connectivity index (χ4n) is 3.12. The highest BCUT2D eigenvalue weighted by molar-refractivity contribution is 7.90. The lowest BCUT2D eigenvalue weighted by atomic mass is 9.87. The molecule has 106 valence electrons. The van der Waals surface area contributed by atoms with E-state index < -0.39 is 10.0 Å². The van der Waals surface area contributed by atoms with Crippen molar-refractivity contribution in [2.45, 2.75) is 69.1 Å². The Morgan fingerprint density at radius 3 is 2.17 bits per heavy atom. The van der Waals surface area contributed by atoms with Gasteiger partial charge in [0.15, 0.2) is 0 Å². The molecule has 0 aromatic rings. The summed E-state index contributed by atoms with van der Waals surface area (Å²) in [5.41, 5.74) is 5.86. The van der Waals surface area contributed by atoms with Gasteiger partial charge in [-0.1, -0.05) is 19.3 Å². The first-order valence-corrected chi connectivity index (χ1v) is 8.86. The zero-order chi connectivity index (χ0) is 13.0. The molecule has 0 aliphatic heterocycles. The smallest absolute Gasteiger partial charge is 0.214 e. The van der Waals surface area contributed by atoms with Crippen LogP contribution in [0.5, 0.6) is 0 Å². The van der Waals surface area contributed by atoms with E-state index in [1.807, 2.05) is 0 Å². The number of nitrogens with two attached hydrogens (primary N) is 1. The third-order valence-electron chi connectivity index (χ3n) is 4.46. The van der Waals surface area contributed by atoms with Crippen LogP contribution in [0.2, 0.25) is 0 Å². The topological polar surface area (TPSA) is 72.2 Å². The first-order chi connectivity index (χ1) is 8.58. The molecule has 2 aliphatic carbocycles. The minimum atomic E-state index is -3.08. The molecule has 0 saturated heterocycles. The van der Waals surface area contributed by atoms with Crippen LogP contribution in [0.4, 0.5) is 0 Å². The largest absolute Gasteiger partial charge is 0.328 e. The SMILES string of the molecule is NC1CCC(CNS(=O)(=O)C2CCCCC2)CC1. The molecule has 0 heterocycles. The monoisotopic (exact) mass is 274 g/mol. The molecular formula is C13H26N2O2S. The number of nitrogens with one attached hydrogen (secondary N) is 1. The minimum absolute atomic E-state index is 0.142. The predicted octanol–water partition coefficient (Wildman–Crippen LogP) is 1.76. The molecule has 2 saturated carbocycles. The van der Waals surface area contributed by atoms with Gasteiger partial charge in [-0.15, -0.1) is 0 Å². The van der Waals surface area contributed by atoms with Gasteiger partial charge in [-0.2, -0.15) is 0 Å². The fourth-order valence-corrected chi connectivity index (χ4v) is 4.78. The summed E-state index contributed by atoms with van der Waals surface area (Å²) in [6.45, 7) is 0.617. The molecule has 5 heteroatoms. The molecule has 0 radical (unpaired) electrons. The summed E-state index contributed by atoms with van der Waals surface area (Å²) in [4.78, 5) is 0. The third kappa shape index (κ3) is 3.93. The average molecular weight is 274 g/mol. The minimum Gasteiger partial charge on any atom is -0.328 e. The molecular weight excluding hydrogens is 248 g/mol. The van der Waals surface area contributed by atoms with Gasteiger partial charge >= 0.3 is 0 Å². The Kier molecular flexibility index (Phi) is 5.04. The van der Waals surface area contributed by atoms with Gasteiger partial charge in [0.25, 0.3) is 0 Å². The van der Waals surface area contributed by atoms with E-state index in [4.69, 9.17) is 5.73 Å². The molecule has 2 fully saturated rings. The van der Waals surface area contributed by atoms with Crippen LogP contribution in [-0.4, -0.2) is 26.3 Å². The average Bonchev–Trinajstić information content (AvgIpc) is 2.39. The van der Waals surface area contributed by atoms with Gasteiger partial charge in [0.05, 0.1) is 5.25 Å². The van der Waals surface area contributed by atoms with Crippen LogP contribution >= 0.6 is 0 Å². The molecule has 0 aromatic carbocycles. The van der Waals surface area contributed by atoms with Crippen LogP contribution < -0.4 is 10.5 Å². The summed E-state index contributed by atoms with van der Waals surface area (Å²) in [5, 5.41) is -0.142. The lowest BCUT2D eigenvalue weighted by Crippen LogP contribution is -2.39. The summed E-state index contributed by atoms with van der Waals surface area (Å²) in [7, 11) is -3.08. The quantitative estimate of drug-likeness (QED) is 0.820. The Hall–Kier alpha value is -0.130. The van der Waals surface area contributed by atoms with Crippen LogP contribution in [-0.2, 0) is 10.0 Å². The van der Waals surface area contributed by atoms with Crippen LogP contribution in [0, 0.1) is 5.92 Å². The lowest BCUT2D eigenvalue weighted by Gasteiger charge is -2.27. The summed E-state index contributed by atoms with van der Waals surface area (Å²) in [6.07, 6.45) is 9.18. The van der Waals surface area contributed by atoms with E-state index in [2.05, 4.69) is 4.72 Å². The normalized spacial score (nSPS) is 31.4. The maximum absolute atomic E-state index is 12.2. The molecule has 0 aromatic heterocycles. The molecule has 2 aliphatic rings. The van der Waals surface area contributed by atoms with Crippen LogP contribution in [0.15, 0.2) is 0 Å². The van der Waals surface area contributed by atoms with Gasteiger partial charge in [0, 0.05) is 12.6 Å². The molecule has 18 heavy (non-hydrogen) atoms. The van der Waals surface area contributed by atoms with E-state index in [-0.39, 0.29) is 5.25 Å². The van der Waals surface area contributed by atoms with Crippen LogP contribution in [0.3, 0.4) is 0 Å². The Labute approximate surface area is 111 Å². The number of sulfonamides is 1. The highest BCUT2D eigenvalue weighted by Crippen LogP contribution is 2.25. The molecule has 0 amide bonds. The van der Waals surface area contributed by atoms with Crippen molar-refractivity contribution >= 4 is 10.0 Å². The van der Waals surface area contributed by atoms with Gasteiger partial charge in [-0.25, -0.2) is 13.1 Å². The molecule has 3 N–H and O–H groups in total. The zero-order valence-electron chi connectivity index (χ0n) is 11.1. The van der Waals surface area contributed by atoms with Gasteiger partial charge in [-0.3, -0.25) is 0 Å². The Balaban J connectivity index is 1.77. The first kappa shape index (κ1) is 14.3. The highest BCUT2D eigenvalue weighted by Gasteiger charge is 2.28. The molecule has 0 unspecified atom stereocenters. The third-order valence-corrected chi connectivity index (χ3v) is 6.37. The van der Waals surface area contributed by atoms with Crippen molar-refractivity contribution in [1.29, 1.82) is 0 Å². The maximum Gasteiger partial charge on any atom is 0.214 e. The molecule has 4 nitrogen and oxygen atoms in total. The van der Waals surface area contributed by atoms with Crippen molar-refractivity contribution in [1.82, 2.24) is 4.72 Å². The van der Waals surface area contributed by atoms with Crippen molar-refractivity contribution < 1.29 is 8.42 Å². The Morgan fingerprint density at radius 1 is 0.944 bits per heavy atom. The van der Waals surface area contributed by atoms with E-state index in [0.717, 1.165) is 51.4 Å². The fraction of sp³-hybridized carbons (Fsp3) is 1.00. The van der Waals surface area contributed by atoms with E-state index in [9.17, 15) is 8.42 Å². The summed E-state index contributed by atoms with van der Waals surface area (Å²) >= 11 is 0. The van der Waals surface area contributed by atoms with Crippen molar-refractivity contribution in [2.24, 2.45) is 11.7 Å². The van der Waals surface area contributed by atoms with E-state index in [1.54, 1.807) is 0 Å².